The summed E-state index contributed by atoms with van der Waals surface area (Å²) in [5.74, 6) is 0. The Morgan fingerprint density at radius 2 is 0.862 bits per heavy atom. The maximum Gasteiger partial charge on any atom is -0.00264 e. The van der Waals surface area contributed by atoms with Crippen molar-refractivity contribution in [3.8, 4) is 22.3 Å². The SMILES string of the molecule is NCCc1ccc(-c2c3ccccc3c(-c3ccccc3)c3ccccc23)cc1. The number of nitrogens with two attached hydrogens (primary N) is 1. The van der Waals surface area contributed by atoms with Gasteiger partial charge in [-0.25, -0.2) is 0 Å². The Balaban J connectivity index is 1.88. The molecular weight excluding hydrogens is 350 g/mol. The molecule has 0 amide bonds. The van der Waals surface area contributed by atoms with E-state index in [1.165, 1.54) is 49.4 Å². The average Bonchev–Trinajstić information content (AvgIpc) is 2.79. The Morgan fingerprint density at radius 1 is 0.448 bits per heavy atom. The number of hydrogen-bond donors (Lipinski definition) is 1. The maximum atomic E-state index is 5.73. The predicted octanol–water partition coefficient (Wildman–Crippen LogP) is 6.83. The molecule has 0 saturated heterocycles. The quantitative estimate of drug-likeness (QED) is 0.343. The van der Waals surface area contributed by atoms with Crippen LogP contribution >= 0.6 is 0 Å². The molecule has 0 heterocycles. The zero-order valence-electron chi connectivity index (χ0n) is 16.3. The molecule has 1 heteroatoms. The third kappa shape index (κ3) is 3.10. The average molecular weight is 373 g/mol. The van der Waals surface area contributed by atoms with Crippen molar-refractivity contribution < 1.29 is 0 Å². The summed E-state index contributed by atoms with van der Waals surface area (Å²) in [7, 11) is 0. The Morgan fingerprint density at radius 3 is 1.31 bits per heavy atom. The van der Waals surface area contributed by atoms with Crippen molar-refractivity contribution in [3.05, 3.63) is 109 Å². The minimum Gasteiger partial charge on any atom is -0.330 e. The van der Waals surface area contributed by atoms with Crippen LogP contribution in [0.5, 0.6) is 0 Å². The molecule has 29 heavy (non-hydrogen) atoms. The molecule has 0 aliphatic heterocycles. The molecule has 0 unspecified atom stereocenters. The molecule has 0 saturated carbocycles. The van der Waals surface area contributed by atoms with Crippen LogP contribution in [0.25, 0.3) is 43.8 Å². The van der Waals surface area contributed by atoms with E-state index < -0.39 is 0 Å². The molecule has 0 spiro atoms. The standard InChI is InChI=1S/C28H23N/c29-19-18-20-14-16-22(17-15-20)28-25-12-6-4-10-23(25)27(21-8-2-1-3-9-21)24-11-5-7-13-26(24)28/h1-17H,18-19,29H2. The lowest BCUT2D eigenvalue weighted by atomic mass is 9.86. The monoisotopic (exact) mass is 373 g/mol. The zero-order chi connectivity index (χ0) is 19.6. The number of rotatable bonds is 4. The third-order valence-electron chi connectivity index (χ3n) is 5.67. The molecule has 0 aliphatic carbocycles. The number of hydrogen-bond acceptors (Lipinski definition) is 1. The minimum absolute atomic E-state index is 0.678. The molecule has 140 valence electrons. The van der Waals surface area contributed by atoms with E-state index in [0.29, 0.717) is 6.54 Å². The molecule has 0 aromatic heterocycles. The van der Waals surface area contributed by atoms with Crippen LogP contribution in [0.1, 0.15) is 5.56 Å². The second kappa shape index (κ2) is 7.54. The van der Waals surface area contributed by atoms with Crippen molar-refractivity contribution in [3.63, 3.8) is 0 Å². The topological polar surface area (TPSA) is 26.0 Å². The van der Waals surface area contributed by atoms with Crippen LogP contribution in [0.2, 0.25) is 0 Å². The highest BCUT2D eigenvalue weighted by Gasteiger charge is 2.15. The maximum absolute atomic E-state index is 5.73. The van der Waals surface area contributed by atoms with Gasteiger partial charge in [-0.15, -0.1) is 0 Å². The molecule has 0 radical (unpaired) electrons. The Hall–Kier alpha value is -3.42. The van der Waals surface area contributed by atoms with Crippen LogP contribution in [-0.2, 0) is 6.42 Å². The van der Waals surface area contributed by atoms with Gasteiger partial charge < -0.3 is 5.73 Å². The van der Waals surface area contributed by atoms with Gasteiger partial charge in [-0.1, -0.05) is 103 Å². The second-order valence-corrected chi connectivity index (χ2v) is 7.44. The molecule has 5 aromatic rings. The summed E-state index contributed by atoms with van der Waals surface area (Å²) < 4.78 is 0. The van der Waals surface area contributed by atoms with Crippen LogP contribution < -0.4 is 5.73 Å². The summed E-state index contributed by atoms with van der Waals surface area (Å²) in [6, 6.07) is 37.1. The van der Waals surface area contributed by atoms with Crippen molar-refractivity contribution in [2.75, 3.05) is 6.54 Å². The molecule has 1 nitrogen and oxygen atoms in total. The summed E-state index contributed by atoms with van der Waals surface area (Å²) >= 11 is 0. The Kier molecular flexibility index (Phi) is 4.59. The molecule has 0 atom stereocenters. The van der Waals surface area contributed by atoms with Crippen molar-refractivity contribution >= 4 is 21.5 Å². The van der Waals surface area contributed by atoms with E-state index in [-0.39, 0.29) is 0 Å². The summed E-state index contributed by atoms with van der Waals surface area (Å²) in [5, 5.41) is 5.16. The zero-order valence-corrected chi connectivity index (χ0v) is 16.3. The van der Waals surface area contributed by atoms with Crippen molar-refractivity contribution in [1.82, 2.24) is 0 Å². The van der Waals surface area contributed by atoms with E-state index in [1.54, 1.807) is 0 Å². The molecular formula is C28H23N. The normalized spacial score (nSPS) is 11.2. The molecule has 5 rings (SSSR count). The minimum atomic E-state index is 0.678. The van der Waals surface area contributed by atoms with Gasteiger partial charge in [0.1, 0.15) is 0 Å². The van der Waals surface area contributed by atoms with Crippen LogP contribution in [0.4, 0.5) is 0 Å². The van der Waals surface area contributed by atoms with Crippen molar-refractivity contribution in [2.24, 2.45) is 5.73 Å². The van der Waals surface area contributed by atoms with Crippen LogP contribution in [-0.4, -0.2) is 6.54 Å². The molecule has 0 bridgehead atoms. The predicted molar refractivity (Wildman–Crippen MR) is 125 cm³/mol. The van der Waals surface area contributed by atoms with E-state index in [2.05, 4.69) is 103 Å². The fraction of sp³-hybridized carbons (Fsp3) is 0.0714. The third-order valence-corrected chi connectivity index (χ3v) is 5.67. The van der Waals surface area contributed by atoms with E-state index >= 15 is 0 Å². The number of fused-ring (bicyclic) bond motifs is 2. The molecule has 0 aliphatic rings. The molecule has 0 fully saturated rings. The van der Waals surface area contributed by atoms with Crippen LogP contribution in [0.3, 0.4) is 0 Å². The Labute approximate surface area is 171 Å². The summed E-state index contributed by atoms with van der Waals surface area (Å²) in [6.07, 6.45) is 0.911. The fourth-order valence-corrected chi connectivity index (χ4v) is 4.36. The summed E-state index contributed by atoms with van der Waals surface area (Å²) in [5.41, 5.74) is 12.1. The lowest BCUT2D eigenvalue weighted by Gasteiger charge is -2.17. The van der Waals surface area contributed by atoms with Gasteiger partial charge in [-0.2, -0.15) is 0 Å². The smallest absolute Gasteiger partial charge is 0.00264 e. The van der Waals surface area contributed by atoms with Gasteiger partial charge in [-0.05, 0) is 62.3 Å². The lowest BCUT2D eigenvalue weighted by molar-refractivity contribution is 0.969. The fourth-order valence-electron chi connectivity index (χ4n) is 4.36. The largest absolute Gasteiger partial charge is 0.330 e. The first kappa shape index (κ1) is 17.7. The van der Waals surface area contributed by atoms with Gasteiger partial charge in [-0.3, -0.25) is 0 Å². The highest BCUT2D eigenvalue weighted by molar-refractivity contribution is 6.21. The number of benzene rings is 5. The van der Waals surface area contributed by atoms with E-state index in [4.69, 9.17) is 5.73 Å². The molecule has 2 N–H and O–H groups in total. The van der Waals surface area contributed by atoms with Crippen LogP contribution in [0, 0.1) is 0 Å². The summed E-state index contributed by atoms with van der Waals surface area (Å²) in [4.78, 5) is 0. The van der Waals surface area contributed by atoms with Crippen LogP contribution in [0.15, 0.2) is 103 Å². The second-order valence-electron chi connectivity index (χ2n) is 7.44. The van der Waals surface area contributed by atoms with Gasteiger partial charge in [0.15, 0.2) is 0 Å². The van der Waals surface area contributed by atoms with Gasteiger partial charge in [0.05, 0.1) is 0 Å². The first-order valence-corrected chi connectivity index (χ1v) is 10.1. The van der Waals surface area contributed by atoms with Crippen molar-refractivity contribution in [2.45, 2.75) is 6.42 Å². The van der Waals surface area contributed by atoms with E-state index in [0.717, 1.165) is 6.42 Å². The molecule has 5 aromatic carbocycles. The van der Waals surface area contributed by atoms with Gasteiger partial charge >= 0.3 is 0 Å². The highest BCUT2D eigenvalue weighted by atomic mass is 14.5. The van der Waals surface area contributed by atoms with E-state index in [9.17, 15) is 0 Å². The first-order valence-electron chi connectivity index (χ1n) is 10.1. The highest BCUT2D eigenvalue weighted by Crippen LogP contribution is 2.43. The Bertz CT molecular complexity index is 1230. The van der Waals surface area contributed by atoms with Gasteiger partial charge in [0, 0.05) is 0 Å². The van der Waals surface area contributed by atoms with E-state index in [1.807, 2.05) is 0 Å². The lowest BCUT2D eigenvalue weighted by Crippen LogP contribution is -2.02. The van der Waals surface area contributed by atoms with Gasteiger partial charge in [0.2, 0.25) is 0 Å². The summed E-state index contributed by atoms with van der Waals surface area (Å²) in [6.45, 7) is 0.678. The van der Waals surface area contributed by atoms with Crippen molar-refractivity contribution in [1.29, 1.82) is 0 Å². The first-order chi connectivity index (χ1) is 14.4. The van der Waals surface area contributed by atoms with Gasteiger partial charge in [0.25, 0.3) is 0 Å².